The Hall–Kier alpha value is 0.623. The van der Waals surface area contributed by atoms with Crippen molar-refractivity contribution in [3.63, 3.8) is 0 Å². The molecular weight excluding hydrogens is 258 g/mol. The second-order valence-electron chi connectivity index (χ2n) is 4.52. The van der Waals surface area contributed by atoms with Crippen LogP contribution in [-0.4, -0.2) is 0 Å². The molecular formula is C16H34Zn. The van der Waals surface area contributed by atoms with Gasteiger partial charge in [-0.25, -0.2) is 0 Å². The van der Waals surface area contributed by atoms with Gasteiger partial charge in [0.15, 0.2) is 0 Å². The van der Waals surface area contributed by atoms with Gasteiger partial charge in [-0.15, -0.1) is 0 Å². The molecule has 0 aliphatic carbocycles. The van der Waals surface area contributed by atoms with E-state index in [0.717, 1.165) is 0 Å². The van der Waals surface area contributed by atoms with E-state index < -0.39 is 0 Å². The van der Waals surface area contributed by atoms with Crippen LogP contribution in [0.25, 0.3) is 0 Å². The molecule has 0 saturated carbocycles. The fourth-order valence-corrected chi connectivity index (χ4v) is 1.55. The minimum absolute atomic E-state index is 0. The Bertz CT molecular complexity index is 67.5. The molecule has 0 heterocycles. The number of rotatable bonds is 10. The SMILES string of the molecule is C[CH-]CCCCCC.C[CH-]CCCCCC.[Zn+2]. The minimum atomic E-state index is 0. The van der Waals surface area contributed by atoms with Gasteiger partial charge in [0.2, 0.25) is 0 Å². The predicted molar refractivity (Wildman–Crippen MR) is 77.5 cm³/mol. The van der Waals surface area contributed by atoms with E-state index in [1.165, 1.54) is 64.2 Å². The predicted octanol–water partition coefficient (Wildman–Crippen LogP) is 6.36. The second-order valence-corrected chi connectivity index (χ2v) is 4.52. The monoisotopic (exact) mass is 290 g/mol. The summed E-state index contributed by atoms with van der Waals surface area (Å²) in [5, 5.41) is 0. The summed E-state index contributed by atoms with van der Waals surface area (Å²) >= 11 is 0. The molecule has 0 radical (unpaired) electrons. The molecule has 0 aromatic heterocycles. The molecule has 0 spiro atoms. The molecule has 17 heavy (non-hydrogen) atoms. The normalized spacial score (nSPS) is 9.18. The van der Waals surface area contributed by atoms with E-state index in [0.29, 0.717) is 0 Å². The van der Waals surface area contributed by atoms with Gasteiger partial charge < -0.3 is 12.8 Å². The fraction of sp³-hybridized carbons (Fsp3) is 0.875. The van der Waals surface area contributed by atoms with Crippen LogP contribution < -0.4 is 0 Å². The summed E-state index contributed by atoms with van der Waals surface area (Å²) in [7, 11) is 0. The zero-order valence-electron chi connectivity index (χ0n) is 12.9. The van der Waals surface area contributed by atoms with Crippen LogP contribution in [-0.2, 0) is 19.5 Å². The minimum Gasteiger partial charge on any atom is -0.332 e. The van der Waals surface area contributed by atoms with E-state index in [4.69, 9.17) is 0 Å². The van der Waals surface area contributed by atoms with Crippen LogP contribution in [0.4, 0.5) is 0 Å². The molecule has 0 aromatic carbocycles. The first-order valence-corrected chi connectivity index (χ1v) is 7.39. The van der Waals surface area contributed by atoms with Crippen LogP contribution in [0.3, 0.4) is 0 Å². The second kappa shape index (κ2) is 25.5. The van der Waals surface area contributed by atoms with Gasteiger partial charge in [0.05, 0.1) is 0 Å². The van der Waals surface area contributed by atoms with Gasteiger partial charge in [0, 0.05) is 0 Å². The molecule has 0 atom stereocenters. The van der Waals surface area contributed by atoms with Gasteiger partial charge in [0.25, 0.3) is 0 Å². The third-order valence-electron chi connectivity index (χ3n) is 2.69. The smallest absolute Gasteiger partial charge is 0.332 e. The summed E-state index contributed by atoms with van der Waals surface area (Å²) < 4.78 is 0. The van der Waals surface area contributed by atoms with Gasteiger partial charge in [-0.3, -0.25) is 0 Å². The zero-order chi connectivity index (χ0) is 12.5. The summed E-state index contributed by atoms with van der Waals surface area (Å²) in [6, 6.07) is 0. The van der Waals surface area contributed by atoms with E-state index in [2.05, 4.69) is 40.5 Å². The average Bonchev–Trinajstić information content (AvgIpc) is 2.31. The Morgan fingerprint density at radius 1 is 0.588 bits per heavy atom. The first-order valence-electron chi connectivity index (χ1n) is 7.39. The molecule has 0 saturated heterocycles. The van der Waals surface area contributed by atoms with E-state index in [-0.39, 0.29) is 19.5 Å². The van der Waals surface area contributed by atoms with Crippen LogP contribution in [0, 0.1) is 12.8 Å². The summed E-state index contributed by atoms with van der Waals surface area (Å²) in [4.78, 5) is 0. The molecule has 0 nitrogen and oxygen atoms in total. The van der Waals surface area contributed by atoms with Crippen molar-refractivity contribution >= 4 is 0 Å². The van der Waals surface area contributed by atoms with Crippen molar-refractivity contribution in [2.45, 2.75) is 91.9 Å². The van der Waals surface area contributed by atoms with Gasteiger partial charge in [-0.05, 0) is 0 Å². The molecule has 1 heteroatoms. The maximum Gasteiger partial charge on any atom is 2.00 e. The largest absolute Gasteiger partial charge is 2.00 e. The molecule has 0 fully saturated rings. The summed E-state index contributed by atoms with van der Waals surface area (Å²) in [5.74, 6) is 0. The Balaban J connectivity index is -0.000000218. The molecule has 0 unspecified atom stereocenters. The van der Waals surface area contributed by atoms with Crippen LogP contribution >= 0.6 is 0 Å². The van der Waals surface area contributed by atoms with Gasteiger partial charge >= 0.3 is 19.5 Å². The quantitative estimate of drug-likeness (QED) is 0.249. The van der Waals surface area contributed by atoms with Gasteiger partial charge in [-0.1, -0.05) is 65.2 Å². The molecule has 0 aliphatic rings. The Morgan fingerprint density at radius 2 is 0.941 bits per heavy atom. The Morgan fingerprint density at radius 3 is 1.18 bits per heavy atom. The van der Waals surface area contributed by atoms with Crippen LogP contribution in [0.15, 0.2) is 0 Å². The third kappa shape index (κ3) is 31.5. The van der Waals surface area contributed by atoms with Crippen molar-refractivity contribution in [2.24, 2.45) is 0 Å². The topological polar surface area (TPSA) is 0 Å². The van der Waals surface area contributed by atoms with Crippen molar-refractivity contribution in [1.29, 1.82) is 0 Å². The van der Waals surface area contributed by atoms with Crippen molar-refractivity contribution < 1.29 is 19.5 Å². The Labute approximate surface area is 124 Å². The van der Waals surface area contributed by atoms with Crippen molar-refractivity contribution in [3.05, 3.63) is 12.8 Å². The standard InChI is InChI=1S/2C8H17.Zn/c2*1-3-5-7-8-6-4-2;/h2*3H,4-8H2,1-2H3;/q2*-1;+2. The zero-order valence-corrected chi connectivity index (χ0v) is 15.9. The first kappa shape index (κ1) is 22.8. The van der Waals surface area contributed by atoms with Gasteiger partial charge in [-0.2, -0.15) is 26.7 Å². The summed E-state index contributed by atoms with van der Waals surface area (Å²) in [5.41, 5.74) is 0. The summed E-state index contributed by atoms with van der Waals surface area (Å²) in [6.45, 7) is 8.75. The maximum atomic E-state index is 2.25. The molecule has 0 aromatic rings. The summed E-state index contributed by atoms with van der Waals surface area (Å²) in [6.07, 6.45) is 18.2. The fourth-order valence-electron chi connectivity index (χ4n) is 1.55. The first-order chi connectivity index (χ1) is 7.83. The molecule has 0 rings (SSSR count). The number of unbranched alkanes of at least 4 members (excludes halogenated alkanes) is 10. The number of hydrogen-bond acceptors (Lipinski definition) is 0. The van der Waals surface area contributed by atoms with E-state index in [1.807, 2.05) is 0 Å². The Kier molecular flexibility index (Phi) is 34.1. The molecule has 100 valence electrons. The van der Waals surface area contributed by atoms with E-state index in [1.54, 1.807) is 0 Å². The maximum absolute atomic E-state index is 2.25. The van der Waals surface area contributed by atoms with Crippen LogP contribution in [0.2, 0.25) is 0 Å². The molecule has 0 bridgehead atoms. The van der Waals surface area contributed by atoms with Crippen molar-refractivity contribution in [2.75, 3.05) is 0 Å². The van der Waals surface area contributed by atoms with Crippen molar-refractivity contribution in [3.8, 4) is 0 Å². The van der Waals surface area contributed by atoms with Crippen LogP contribution in [0.5, 0.6) is 0 Å². The van der Waals surface area contributed by atoms with Crippen LogP contribution in [0.1, 0.15) is 91.9 Å². The molecule has 0 aliphatic heterocycles. The molecule has 0 amide bonds. The van der Waals surface area contributed by atoms with Crippen molar-refractivity contribution in [1.82, 2.24) is 0 Å². The number of hydrogen-bond donors (Lipinski definition) is 0. The van der Waals surface area contributed by atoms with Gasteiger partial charge in [0.1, 0.15) is 0 Å². The molecule has 0 N–H and O–H groups in total. The third-order valence-corrected chi connectivity index (χ3v) is 2.69. The van der Waals surface area contributed by atoms with E-state index >= 15 is 0 Å². The van der Waals surface area contributed by atoms with E-state index in [9.17, 15) is 0 Å². The average molecular weight is 292 g/mol.